The van der Waals surface area contributed by atoms with Gasteiger partial charge in [0.25, 0.3) is 0 Å². The highest BCUT2D eigenvalue weighted by Crippen LogP contribution is 2.44. The lowest BCUT2D eigenvalue weighted by Gasteiger charge is -2.18. The number of carbonyl (C=O) groups excluding carboxylic acids is 1. The van der Waals surface area contributed by atoms with Crippen molar-refractivity contribution in [3.05, 3.63) is 59.9 Å². The van der Waals surface area contributed by atoms with Gasteiger partial charge >= 0.3 is 6.03 Å². The number of pyridine rings is 1. The molecule has 0 radical (unpaired) electrons. The molecule has 1 fully saturated rings. The summed E-state index contributed by atoms with van der Waals surface area (Å²) in [5.74, 6) is 1.23. The fourth-order valence-corrected chi connectivity index (χ4v) is 2.77. The van der Waals surface area contributed by atoms with Crippen molar-refractivity contribution >= 4 is 6.03 Å². The molecule has 120 valence electrons. The second-order valence-electron chi connectivity index (χ2n) is 5.85. The molecular weight excluding hydrogens is 290 g/mol. The molecule has 3 rings (SSSR count). The van der Waals surface area contributed by atoms with E-state index in [4.69, 9.17) is 4.74 Å². The summed E-state index contributed by atoms with van der Waals surface area (Å²) in [6.45, 7) is 0.570. The molecule has 1 aliphatic rings. The first kappa shape index (κ1) is 15.3. The average molecular weight is 311 g/mol. The van der Waals surface area contributed by atoms with Gasteiger partial charge in [-0.1, -0.05) is 18.2 Å². The summed E-state index contributed by atoms with van der Waals surface area (Å²) in [5.41, 5.74) is 2.23. The lowest BCUT2D eigenvalue weighted by molar-refractivity contribution is 0.206. The summed E-state index contributed by atoms with van der Waals surface area (Å²) in [6, 6.07) is 11.9. The van der Waals surface area contributed by atoms with Crippen LogP contribution in [0, 0.1) is 0 Å². The predicted octanol–water partition coefficient (Wildman–Crippen LogP) is 2.79. The summed E-state index contributed by atoms with van der Waals surface area (Å²) < 4.78 is 5.40. The van der Waals surface area contributed by atoms with E-state index >= 15 is 0 Å². The number of benzene rings is 1. The van der Waals surface area contributed by atoms with Crippen LogP contribution in [0.1, 0.15) is 23.5 Å². The first-order chi connectivity index (χ1) is 11.2. The molecule has 1 aliphatic carbocycles. The Labute approximate surface area is 136 Å². The largest absolute Gasteiger partial charge is 0.496 e. The number of rotatable bonds is 5. The second kappa shape index (κ2) is 6.69. The number of amides is 2. The molecule has 0 aliphatic heterocycles. The van der Waals surface area contributed by atoms with Gasteiger partial charge in [0.15, 0.2) is 0 Å². The molecule has 2 atom stereocenters. The first-order valence-electron chi connectivity index (χ1n) is 7.72. The molecule has 1 saturated carbocycles. The Hall–Kier alpha value is -2.56. The molecule has 1 aromatic carbocycles. The number of aromatic nitrogens is 1. The molecule has 1 aromatic heterocycles. The van der Waals surface area contributed by atoms with Crippen molar-refractivity contribution in [1.82, 2.24) is 15.2 Å². The van der Waals surface area contributed by atoms with E-state index in [1.807, 2.05) is 30.3 Å². The monoisotopic (exact) mass is 311 g/mol. The standard InChI is InChI=1S/C18H21N3O2/c1-21(12-13-7-9-19-10-8-13)18(22)20-16-11-15(16)14-5-3-4-6-17(14)23-2/h3-10,15-16H,11-12H2,1-2H3,(H,20,22)/t15-,16-/m0/s1. The number of nitrogens with one attached hydrogen (secondary N) is 1. The van der Waals surface area contributed by atoms with Gasteiger partial charge in [-0.15, -0.1) is 0 Å². The van der Waals surface area contributed by atoms with Crippen molar-refractivity contribution in [2.75, 3.05) is 14.2 Å². The number of nitrogens with zero attached hydrogens (tertiary/aromatic N) is 2. The van der Waals surface area contributed by atoms with E-state index in [-0.39, 0.29) is 12.1 Å². The molecule has 1 heterocycles. The normalized spacial score (nSPS) is 19.0. The molecule has 5 nitrogen and oxygen atoms in total. The van der Waals surface area contributed by atoms with Crippen molar-refractivity contribution < 1.29 is 9.53 Å². The van der Waals surface area contributed by atoms with Crippen LogP contribution in [0.2, 0.25) is 0 Å². The number of para-hydroxylation sites is 1. The molecule has 23 heavy (non-hydrogen) atoms. The van der Waals surface area contributed by atoms with Crippen LogP contribution in [0.25, 0.3) is 0 Å². The van der Waals surface area contributed by atoms with E-state index in [0.717, 1.165) is 23.3 Å². The van der Waals surface area contributed by atoms with Gasteiger partial charge in [0, 0.05) is 37.9 Å². The van der Waals surface area contributed by atoms with E-state index in [1.165, 1.54) is 0 Å². The minimum Gasteiger partial charge on any atom is -0.496 e. The molecule has 1 N–H and O–H groups in total. The molecule has 0 unspecified atom stereocenters. The number of urea groups is 1. The third-order valence-corrected chi connectivity index (χ3v) is 4.15. The van der Waals surface area contributed by atoms with Gasteiger partial charge in [0.05, 0.1) is 7.11 Å². The smallest absolute Gasteiger partial charge is 0.317 e. The predicted molar refractivity (Wildman–Crippen MR) is 88.4 cm³/mol. The van der Waals surface area contributed by atoms with Crippen LogP contribution in [-0.2, 0) is 6.54 Å². The zero-order valence-electron chi connectivity index (χ0n) is 13.4. The highest BCUT2D eigenvalue weighted by atomic mass is 16.5. The summed E-state index contributed by atoms with van der Waals surface area (Å²) in [4.78, 5) is 18.0. The zero-order chi connectivity index (χ0) is 16.2. The fourth-order valence-electron chi connectivity index (χ4n) is 2.77. The molecule has 0 spiro atoms. The first-order valence-corrected chi connectivity index (χ1v) is 7.72. The summed E-state index contributed by atoms with van der Waals surface area (Å²) in [6.07, 6.45) is 4.43. The summed E-state index contributed by atoms with van der Waals surface area (Å²) in [5, 5.41) is 3.09. The number of methoxy groups -OCH3 is 1. The number of hydrogen-bond acceptors (Lipinski definition) is 3. The van der Waals surface area contributed by atoms with Crippen molar-refractivity contribution in [3.63, 3.8) is 0 Å². The highest BCUT2D eigenvalue weighted by molar-refractivity contribution is 5.75. The molecule has 2 amide bonds. The van der Waals surface area contributed by atoms with Crippen LogP contribution in [0.4, 0.5) is 4.79 Å². The van der Waals surface area contributed by atoms with E-state index in [9.17, 15) is 4.79 Å². The third kappa shape index (κ3) is 3.62. The van der Waals surface area contributed by atoms with Gasteiger partial charge in [-0.05, 0) is 35.7 Å². The van der Waals surface area contributed by atoms with Crippen LogP contribution in [0.5, 0.6) is 5.75 Å². The van der Waals surface area contributed by atoms with Crippen LogP contribution in [0.3, 0.4) is 0 Å². The van der Waals surface area contributed by atoms with Crippen molar-refractivity contribution in [2.24, 2.45) is 0 Å². The van der Waals surface area contributed by atoms with E-state index in [0.29, 0.717) is 12.5 Å². The Balaban J connectivity index is 1.55. The quantitative estimate of drug-likeness (QED) is 0.924. The van der Waals surface area contributed by atoms with Crippen LogP contribution < -0.4 is 10.1 Å². The van der Waals surface area contributed by atoms with E-state index in [2.05, 4.69) is 16.4 Å². The van der Waals surface area contributed by atoms with Crippen molar-refractivity contribution in [1.29, 1.82) is 0 Å². The molecule has 0 saturated heterocycles. The van der Waals surface area contributed by atoms with Crippen molar-refractivity contribution in [3.8, 4) is 5.75 Å². The maximum Gasteiger partial charge on any atom is 0.317 e. The van der Waals surface area contributed by atoms with Gasteiger partial charge in [0.2, 0.25) is 0 Å². The summed E-state index contributed by atoms with van der Waals surface area (Å²) >= 11 is 0. The van der Waals surface area contributed by atoms with Crippen LogP contribution in [-0.4, -0.2) is 36.1 Å². The van der Waals surface area contributed by atoms with Gasteiger partial charge < -0.3 is 15.0 Å². The van der Waals surface area contributed by atoms with Gasteiger partial charge in [-0.2, -0.15) is 0 Å². The van der Waals surface area contributed by atoms with Gasteiger partial charge in [0.1, 0.15) is 5.75 Å². The SMILES string of the molecule is COc1ccccc1[C@@H]1C[C@@H]1NC(=O)N(C)Cc1ccncc1. The van der Waals surface area contributed by atoms with Gasteiger partial charge in [-0.3, -0.25) is 4.98 Å². The molecule has 0 bridgehead atoms. The Bertz CT molecular complexity index is 675. The Morgan fingerprint density at radius 3 is 2.78 bits per heavy atom. The average Bonchev–Trinajstić information content (AvgIpc) is 3.34. The van der Waals surface area contributed by atoms with Crippen LogP contribution in [0.15, 0.2) is 48.8 Å². The lowest BCUT2D eigenvalue weighted by atomic mass is 10.1. The Kier molecular flexibility index (Phi) is 4.46. The van der Waals surface area contributed by atoms with E-state index < -0.39 is 0 Å². The van der Waals surface area contributed by atoms with E-state index in [1.54, 1.807) is 31.5 Å². The minimum absolute atomic E-state index is 0.0517. The zero-order valence-corrected chi connectivity index (χ0v) is 13.4. The summed E-state index contributed by atoms with van der Waals surface area (Å²) in [7, 11) is 3.48. The van der Waals surface area contributed by atoms with Crippen LogP contribution >= 0.6 is 0 Å². The third-order valence-electron chi connectivity index (χ3n) is 4.15. The highest BCUT2D eigenvalue weighted by Gasteiger charge is 2.41. The number of ether oxygens (including phenoxy) is 1. The number of hydrogen-bond donors (Lipinski definition) is 1. The lowest BCUT2D eigenvalue weighted by Crippen LogP contribution is -2.38. The topological polar surface area (TPSA) is 54.5 Å². The minimum atomic E-state index is -0.0517. The molecular formula is C18H21N3O2. The molecule has 2 aromatic rings. The molecule has 5 heteroatoms. The Morgan fingerprint density at radius 2 is 2.04 bits per heavy atom. The van der Waals surface area contributed by atoms with Gasteiger partial charge in [-0.25, -0.2) is 4.79 Å². The number of carbonyl (C=O) groups is 1. The van der Waals surface area contributed by atoms with Crippen molar-refractivity contribution in [2.45, 2.75) is 24.9 Å². The Morgan fingerprint density at radius 1 is 1.30 bits per heavy atom. The maximum atomic E-state index is 12.3. The maximum absolute atomic E-state index is 12.3. The fraction of sp³-hybridized carbons (Fsp3) is 0.333. The second-order valence-corrected chi connectivity index (χ2v) is 5.85.